The van der Waals surface area contributed by atoms with E-state index in [1.165, 1.54) is 12.1 Å². The number of carboxylic acids is 2. The van der Waals surface area contributed by atoms with E-state index in [0.717, 1.165) is 26.1 Å². The SMILES string of the molecule is O=C1CC(C(=O)O)C2(CCN(CCCOc3ccc(C(=O)O)cc3)CC2)N1. The Kier molecular flexibility index (Phi) is 5.65. The van der Waals surface area contributed by atoms with E-state index in [1.54, 1.807) is 12.1 Å². The molecule has 2 fully saturated rings. The molecule has 0 aliphatic carbocycles. The molecule has 0 radical (unpaired) electrons. The molecule has 2 aliphatic heterocycles. The number of ether oxygens (including phenoxy) is 1. The van der Waals surface area contributed by atoms with Crippen molar-refractivity contribution in [3.63, 3.8) is 0 Å². The molecule has 1 atom stereocenters. The molecule has 146 valence electrons. The highest BCUT2D eigenvalue weighted by Gasteiger charge is 2.51. The lowest BCUT2D eigenvalue weighted by Crippen LogP contribution is -2.55. The normalized spacial score (nSPS) is 21.8. The van der Waals surface area contributed by atoms with Gasteiger partial charge in [0.25, 0.3) is 0 Å². The van der Waals surface area contributed by atoms with Crippen molar-refractivity contribution in [3.05, 3.63) is 29.8 Å². The first-order valence-electron chi connectivity index (χ1n) is 9.12. The third kappa shape index (κ3) is 4.39. The van der Waals surface area contributed by atoms with Crippen molar-refractivity contribution in [2.75, 3.05) is 26.2 Å². The monoisotopic (exact) mass is 376 g/mol. The van der Waals surface area contributed by atoms with Crippen molar-refractivity contribution in [1.82, 2.24) is 10.2 Å². The van der Waals surface area contributed by atoms with Crippen molar-refractivity contribution < 1.29 is 29.3 Å². The molecule has 8 heteroatoms. The van der Waals surface area contributed by atoms with E-state index in [1.807, 2.05) is 0 Å². The fourth-order valence-corrected chi connectivity index (χ4v) is 3.94. The molecule has 0 saturated carbocycles. The van der Waals surface area contributed by atoms with Gasteiger partial charge in [0.1, 0.15) is 5.75 Å². The molecule has 1 amide bonds. The Labute approximate surface area is 157 Å². The first-order chi connectivity index (χ1) is 12.9. The van der Waals surface area contributed by atoms with Crippen LogP contribution in [-0.2, 0) is 9.59 Å². The highest BCUT2D eigenvalue weighted by molar-refractivity contribution is 5.88. The number of benzene rings is 1. The van der Waals surface area contributed by atoms with E-state index in [0.29, 0.717) is 25.2 Å². The van der Waals surface area contributed by atoms with Gasteiger partial charge in [-0.1, -0.05) is 0 Å². The van der Waals surface area contributed by atoms with E-state index in [-0.39, 0.29) is 17.9 Å². The van der Waals surface area contributed by atoms with Gasteiger partial charge in [0.2, 0.25) is 5.91 Å². The van der Waals surface area contributed by atoms with Gasteiger partial charge < -0.3 is 25.2 Å². The molecule has 2 heterocycles. The summed E-state index contributed by atoms with van der Waals surface area (Å²) in [5.41, 5.74) is -0.370. The summed E-state index contributed by atoms with van der Waals surface area (Å²) in [7, 11) is 0. The third-order valence-corrected chi connectivity index (χ3v) is 5.48. The van der Waals surface area contributed by atoms with E-state index < -0.39 is 23.4 Å². The van der Waals surface area contributed by atoms with Gasteiger partial charge in [0.15, 0.2) is 0 Å². The second kappa shape index (κ2) is 7.96. The molecule has 3 rings (SSSR count). The minimum atomic E-state index is -0.965. The number of hydrogen-bond donors (Lipinski definition) is 3. The summed E-state index contributed by atoms with van der Waals surface area (Å²) in [5, 5.41) is 21.2. The van der Waals surface area contributed by atoms with Crippen LogP contribution in [0.1, 0.15) is 36.0 Å². The van der Waals surface area contributed by atoms with Crippen LogP contribution in [0.2, 0.25) is 0 Å². The predicted octanol–water partition coefficient (Wildman–Crippen LogP) is 1.21. The van der Waals surface area contributed by atoms with Crippen LogP contribution in [0.3, 0.4) is 0 Å². The van der Waals surface area contributed by atoms with Crippen molar-refractivity contribution in [2.24, 2.45) is 5.92 Å². The maximum absolute atomic E-state index is 11.7. The average Bonchev–Trinajstić information content (AvgIpc) is 2.97. The lowest BCUT2D eigenvalue weighted by atomic mass is 9.78. The van der Waals surface area contributed by atoms with Gasteiger partial charge in [-0.25, -0.2) is 4.79 Å². The summed E-state index contributed by atoms with van der Waals surface area (Å²) in [6.07, 6.45) is 2.17. The third-order valence-electron chi connectivity index (χ3n) is 5.48. The van der Waals surface area contributed by atoms with Crippen LogP contribution in [0.15, 0.2) is 24.3 Å². The number of carbonyl (C=O) groups excluding carboxylic acids is 1. The van der Waals surface area contributed by atoms with Crippen LogP contribution in [0.4, 0.5) is 0 Å². The lowest BCUT2D eigenvalue weighted by molar-refractivity contribution is -0.144. The van der Waals surface area contributed by atoms with E-state index in [4.69, 9.17) is 9.84 Å². The number of nitrogens with one attached hydrogen (secondary N) is 1. The Bertz CT molecular complexity index is 709. The molecule has 1 aromatic carbocycles. The highest BCUT2D eigenvalue weighted by atomic mass is 16.5. The molecular formula is C19H24N2O6. The number of rotatable bonds is 7. The average molecular weight is 376 g/mol. The van der Waals surface area contributed by atoms with Crippen molar-refractivity contribution in [3.8, 4) is 5.75 Å². The van der Waals surface area contributed by atoms with Crippen molar-refractivity contribution in [1.29, 1.82) is 0 Å². The fourth-order valence-electron chi connectivity index (χ4n) is 3.94. The number of carboxylic acid groups (broad SMARTS) is 2. The maximum atomic E-state index is 11.7. The van der Waals surface area contributed by atoms with Gasteiger partial charge in [-0.05, 0) is 43.5 Å². The zero-order chi connectivity index (χ0) is 19.4. The van der Waals surface area contributed by atoms with Crippen LogP contribution < -0.4 is 10.1 Å². The van der Waals surface area contributed by atoms with E-state index >= 15 is 0 Å². The Hall–Kier alpha value is -2.61. The quantitative estimate of drug-likeness (QED) is 0.613. The lowest BCUT2D eigenvalue weighted by Gasteiger charge is -2.41. The van der Waals surface area contributed by atoms with Crippen LogP contribution >= 0.6 is 0 Å². The number of carbonyl (C=O) groups is 3. The molecule has 8 nitrogen and oxygen atoms in total. The van der Waals surface area contributed by atoms with Crippen LogP contribution in [0, 0.1) is 5.92 Å². The molecular weight excluding hydrogens is 352 g/mol. The highest BCUT2D eigenvalue weighted by Crippen LogP contribution is 2.36. The van der Waals surface area contributed by atoms with Crippen molar-refractivity contribution in [2.45, 2.75) is 31.2 Å². The Balaban J connectivity index is 1.40. The summed E-state index contributed by atoms with van der Waals surface area (Å²) in [5.74, 6) is -2.03. The second-order valence-electron chi connectivity index (χ2n) is 7.17. The first kappa shape index (κ1) is 19.2. The topological polar surface area (TPSA) is 116 Å². The van der Waals surface area contributed by atoms with Gasteiger partial charge in [0, 0.05) is 26.1 Å². The summed E-state index contributed by atoms with van der Waals surface area (Å²) >= 11 is 0. The fraction of sp³-hybridized carbons (Fsp3) is 0.526. The Morgan fingerprint density at radius 1 is 1.19 bits per heavy atom. The molecule has 2 saturated heterocycles. The molecule has 0 aromatic heterocycles. The molecule has 1 aromatic rings. The molecule has 27 heavy (non-hydrogen) atoms. The van der Waals surface area contributed by atoms with Crippen LogP contribution in [0.5, 0.6) is 5.75 Å². The Morgan fingerprint density at radius 2 is 1.85 bits per heavy atom. The van der Waals surface area contributed by atoms with Crippen molar-refractivity contribution >= 4 is 17.8 Å². The van der Waals surface area contributed by atoms with Gasteiger partial charge in [-0.15, -0.1) is 0 Å². The summed E-state index contributed by atoms with van der Waals surface area (Å²) in [4.78, 5) is 36.2. The maximum Gasteiger partial charge on any atom is 0.335 e. The number of piperidine rings is 1. The Morgan fingerprint density at radius 3 is 2.44 bits per heavy atom. The largest absolute Gasteiger partial charge is 0.494 e. The number of likely N-dealkylation sites (tertiary alicyclic amines) is 1. The number of aliphatic carboxylic acids is 1. The number of aromatic carboxylic acids is 1. The zero-order valence-electron chi connectivity index (χ0n) is 15.0. The van der Waals surface area contributed by atoms with Crippen LogP contribution in [0.25, 0.3) is 0 Å². The molecule has 3 N–H and O–H groups in total. The standard InChI is InChI=1S/C19H24N2O6/c22-16-12-15(18(25)26)19(20-16)6-9-21(10-7-19)8-1-11-27-14-4-2-13(3-5-14)17(23)24/h2-5,15H,1,6-12H2,(H,20,22)(H,23,24)(H,25,26). The number of hydrogen-bond acceptors (Lipinski definition) is 5. The number of nitrogens with zero attached hydrogens (tertiary/aromatic N) is 1. The minimum absolute atomic E-state index is 0.0733. The summed E-state index contributed by atoms with van der Waals surface area (Å²) in [6, 6.07) is 6.30. The minimum Gasteiger partial charge on any atom is -0.494 e. The van der Waals surface area contributed by atoms with Gasteiger partial charge in [-0.2, -0.15) is 0 Å². The van der Waals surface area contributed by atoms with E-state index in [2.05, 4.69) is 10.2 Å². The van der Waals surface area contributed by atoms with Crippen LogP contribution in [-0.4, -0.2) is 64.7 Å². The molecule has 0 bridgehead atoms. The summed E-state index contributed by atoms with van der Waals surface area (Å²) in [6.45, 7) is 2.84. The van der Waals surface area contributed by atoms with Gasteiger partial charge in [0.05, 0.1) is 23.6 Å². The predicted molar refractivity (Wildman–Crippen MR) is 95.8 cm³/mol. The van der Waals surface area contributed by atoms with Gasteiger partial charge >= 0.3 is 11.9 Å². The summed E-state index contributed by atoms with van der Waals surface area (Å²) < 4.78 is 5.63. The number of amides is 1. The zero-order valence-corrected chi connectivity index (χ0v) is 15.0. The van der Waals surface area contributed by atoms with E-state index in [9.17, 15) is 19.5 Å². The first-order valence-corrected chi connectivity index (χ1v) is 9.12. The van der Waals surface area contributed by atoms with Gasteiger partial charge in [-0.3, -0.25) is 9.59 Å². The smallest absolute Gasteiger partial charge is 0.335 e. The molecule has 1 spiro atoms. The second-order valence-corrected chi connectivity index (χ2v) is 7.17. The molecule has 1 unspecified atom stereocenters. The molecule has 2 aliphatic rings.